The minimum Gasteiger partial charge on any atom is -0.330 e. The lowest BCUT2D eigenvalue weighted by Gasteiger charge is -2.35. The lowest BCUT2D eigenvalue weighted by atomic mass is 9.98. The lowest BCUT2D eigenvalue weighted by molar-refractivity contribution is 0.0605. The van der Waals surface area contributed by atoms with E-state index in [4.69, 9.17) is 0 Å². The average molecular weight is 350 g/mol. The molecule has 0 unspecified atom stereocenters. The maximum absolute atomic E-state index is 13.0. The Morgan fingerprint density at radius 2 is 1.96 bits per heavy atom. The Kier molecular flexibility index (Phi) is 4.11. The van der Waals surface area contributed by atoms with Gasteiger partial charge in [0.25, 0.3) is 11.5 Å². The van der Waals surface area contributed by atoms with E-state index in [9.17, 15) is 9.59 Å². The number of aryl methyl sites for hydroxylation is 1. The number of hydrogen-bond donors (Lipinski definition) is 1. The SMILES string of the molecule is Cc1nc2cc([C@@H]3CCCCN3C(=O)c3ccccc3)[nH]n2c(=O)c1C. The molecule has 134 valence electrons. The smallest absolute Gasteiger partial charge is 0.275 e. The van der Waals surface area contributed by atoms with Gasteiger partial charge in [-0.05, 0) is 45.2 Å². The monoisotopic (exact) mass is 350 g/mol. The third-order valence-corrected chi connectivity index (χ3v) is 5.25. The molecule has 4 rings (SSSR count). The van der Waals surface area contributed by atoms with E-state index in [-0.39, 0.29) is 17.5 Å². The maximum Gasteiger partial charge on any atom is 0.275 e. The van der Waals surface area contributed by atoms with Crippen LogP contribution in [0.25, 0.3) is 5.65 Å². The van der Waals surface area contributed by atoms with Gasteiger partial charge in [-0.25, -0.2) is 9.50 Å². The zero-order valence-corrected chi connectivity index (χ0v) is 15.0. The van der Waals surface area contributed by atoms with Crippen LogP contribution in [0.3, 0.4) is 0 Å². The molecule has 1 saturated heterocycles. The molecule has 1 fully saturated rings. The van der Waals surface area contributed by atoms with Crippen molar-refractivity contribution in [2.24, 2.45) is 0 Å². The van der Waals surface area contributed by atoms with Gasteiger partial charge in [0.1, 0.15) is 0 Å². The van der Waals surface area contributed by atoms with Crippen LogP contribution in [0.1, 0.15) is 52.6 Å². The van der Waals surface area contributed by atoms with Crippen LogP contribution in [0.4, 0.5) is 0 Å². The van der Waals surface area contributed by atoms with Crippen LogP contribution >= 0.6 is 0 Å². The molecule has 6 nitrogen and oxygen atoms in total. The second kappa shape index (κ2) is 6.44. The van der Waals surface area contributed by atoms with Gasteiger partial charge in [0.15, 0.2) is 5.65 Å². The number of fused-ring (bicyclic) bond motifs is 1. The number of nitrogens with zero attached hydrogens (tertiary/aromatic N) is 3. The van der Waals surface area contributed by atoms with Crippen molar-refractivity contribution in [2.75, 3.05) is 6.54 Å². The molecule has 1 N–H and O–H groups in total. The number of likely N-dealkylation sites (tertiary alicyclic amines) is 1. The van der Waals surface area contributed by atoms with E-state index in [1.165, 1.54) is 4.52 Å². The number of H-pyrrole nitrogens is 1. The summed E-state index contributed by atoms with van der Waals surface area (Å²) < 4.78 is 1.48. The molecule has 26 heavy (non-hydrogen) atoms. The number of amides is 1. The van der Waals surface area contributed by atoms with E-state index in [1.807, 2.05) is 48.2 Å². The summed E-state index contributed by atoms with van der Waals surface area (Å²) in [4.78, 5) is 31.9. The van der Waals surface area contributed by atoms with E-state index >= 15 is 0 Å². The van der Waals surface area contributed by atoms with Crippen LogP contribution < -0.4 is 5.56 Å². The van der Waals surface area contributed by atoms with Crippen LogP contribution in [-0.2, 0) is 0 Å². The number of carbonyl (C=O) groups is 1. The first kappa shape index (κ1) is 16.6. The second-order valence-corrected chi connectivity index (χ2v) is 6.91. The van der Waals surface area contributed by atoms with Gasteiger partial charge in [-0.3, -0.25) is 14.7 Å². The van der Waals surface area contributed by atoms with Crippen LogP contribution in [-0.4, -0.2) is 31.9 Å². The molecule has 0 spiro atoms. The number of carbonyl (C=O) groups excluding carboxylic acids is 1. The number of aromatic nitrogens is 3. The number of hydrogen-bond acceptors (Lipinski definition) is 3. The summed E-state index contributed by atoms with van der Waals surface area (Å²) >= 11 is 0. The Bertz CT molecular complexity index is 1020. The molecule has 0 radical (unpaired) electrons. The molecule has 6 heteroatoms. The molecule has 1 aliphatic rings. The van der Waals surface area contributed by atoms with Gasteiger partial charge in [-0.2, -0.15) is 0 Å². The molecule has 1 aromatic carbocycles. The predicted molar refractivity (Wildman–Crippen MR) is 99.4 cm³/mol. The van der Waals surface area contributed by atoms with Crippen molar-refractivity contribution in [1.82, 2.24) is 19.5 Å². The predicted octanol–water partition coefficient (Wildman–Crippen LogP) is 3.01. The van der Waals surface area contributed by atoms with E-state index in [2.05, 4.69) is 10.1 Å². The Morgan fingerprint density at radius 1 is 1.19 bits per heavy atom. The molecule has 3 aromatic rings. The minimum atomic E-state index is -0.0875. The second-order valence-electron chi connectivity index (χ2n) is 6.91. The van der Waals surface area contributed by atoms with E-state index < -0.39 is 0 Å². The Morgan fingerprint density at radius 3 is 2.73 bits per heavy atom. The summed E-state index contributed by atoms with van der Waals surface area (Å²) in [6, 6.07) is 11.2. The Labute approximate surface area is 151 Å². The average Bonchev–Trinajstić information content (AvgIpc) is 3.10. The topological polar surface area (TPSA) is 70.5 Å². The van der Waals surface area contributed by atoms with Crippen molar-refractivity contribution < 1.29 is 4.79 Å². The standard InChI is InChI=1S/C20H22N4O2/c1-13-14(2)21-18-12-16(22-24(18)19(13)25)17-10-6-7-11-23(17)20(26)15-8-4-3-5-9-15/h3-5,8-9,12,17,22H,6-7,10-11H2,1-2H3/t17-/m0/s1. The van der Waals surface area contributed by atoms with Crippen LogP contribution in [0.2, 0.25) is 0 Å². The highest BCUT2D eigenvalue weighted by atomic mass is 16.2. The van der Waals surface area contributed by atoms with Gasteiger partial charge in [-0.15, -0.1) is 0 Å². The zero-order chi connectivity index (χ0) is 18.3. The lowest BCUT2D eigenvalue weighted by Crippen LogP contribution is -2.38. The van der Waals surface area contributed by atoms with Crippen molar-refractivity contribution in [3.63, 3.8) is 0 Å². The van der Waals surface area contributed by atoms with Crippen LogP contribution in [0.15, 0.2) is 41.2 Å². The molecular weight excluding hydrogens is 328 g/mol. The first-order valence-corrected chi connectivity index (χ1v) is 9.01. The summed E-state index contributed by atoms with van der Waals surface area (Å²) in [5.41, 5.74) is 3.44. The van der Waals surface area contributed by atoms with Gasteiger partial charge < -0.3 is 4.90 Å². The minimum absolute atomic E-state index is 0.0293. The number of aromatic amines is 1. The van der Waals surface area contributed by atoms with Crippen molar-refractivity contribution in [2.45, 2.75) is 39.2 Å². The largest absolute Gasteiger partial charge is 0.330 e. The van der Waals surface area contributed by atoms with Crippen LogP contribution in [0.5, 0.6) is 0 Å². The Balaban J connectivity index is 1.75. The van der Waals surface area contributed by atoms with Crippen molar-refractivity contribution >= 4 is 11.6 Å². The number of piperidine rings is 1. The summed E-state index contributed by atoms with van der Waals surface area (Å²) in [6.45, 7) is 4.34. The van der Waals surface area contributed by atoms with Gasteiger partial charge >= 0.3 is 0 Å². The molecular formula is C20H22N4O2. The first-order valence-electron chi connectivity index (χ1n) is 9.01. The fourth-order valence-electron chi connectivity index (χ4n) is 3.65. The molecule has 0 bridgehead atoms. The van der Waals surface area contributed by atoms with Crippen molar-refractivity contribution in [3.05, 3.63) is 69.3 Å². The molecule has 1 amide bonds. The summed E-state index contributed by atoms with van der Waals surface area (Å²) in [5, 5.41) is 3.19. The van der Waals surface area contributed by atoms with Gasteiger partial charge in [0.05, 0.1) is 11.7 Å². The highest BCUT2D eigenvalue weighted by Crippen LogP contribution is 2.31. The summed E-state index contributed by atoms with van der Waals surface area (Å²) in [6.07, 6.45) is 2.92. The normalized spacial score (nSPS) is 17.6. The fraction of sp³-hybridized carbons (Fsp3) is 0.350. The number of benzene rings is 1. The first-order chi connectivity index (χ1) is 12.6. The summed E-state index contributed by atoms with van der Waals surface area (Å²) in [5.74, 6) is 0.0293. The summed E-state index contributed by atoms with van der Waals surface area (Å²) in [7, 11) is 0. The highest BCUT2D eigenvalue weighted by Gasteiger charge is 2.30. The van der Waals surface area contributed by atoms with Gasteiger partial charge in [-0.1, -0.05) is 18.2 Å². The van der Waals surface area contributed by atoms with Crippen molar-refractivity contribution in [3.8, 4) is 0 Å². The molecule has 0 aliphatic carbocycles. The van der Waals surface area contributed by atoms with Gasteiger partial charge in [0, 0.05) is 29.4 Å². The molecule has 3 heterocycles. The van der Waals surface area contributed by atoms with E-state index in [0.717, 1.165) is 30.7 Å². The number of nitrogens with one attached hydrogen (secondary N) is 1. The molecule has 1 atom stereocenters. The molecule has 1 aliphatic heterocycles. The highest BCUT2D eigenvalue weighted by molar-refractivity contribution is 5.94. The zero-order valence-electron chi connectivity index (χ0n) is 15.0. The third kappa shape index (κ3) is 2.71. The number of rotatable bonds is 2. The Hall–Kier alpha value is -2.89. The fourth-order valence-corrected chi connectivity index (χ4v) is 3.65. The van der Waals surface area contributed by atoms with Gasteiger partial charge in [0.2, 0.25) is 0 Å². The van der Waals surface area contributed by atoms with Crippen LogP contribution in [0, 0.1) is 13.8 Å². The van der Waals surface area contributed by atoms with Crippen molar-refractivity contribution in [1.29, 1.82) is 0 Å². The molecule has 0 saturated carbocycles. The molecule has 2 aromatic heterocycles. The maximum atomic E-state index is 13.0. The third-order valence-electron chi connectivity index (χ3n) is 5.25. The van der Waals surface area contributed by atoms with E-state index in [0.29, 0.717) is 23.3 Å². The quantitative estimate of drug-likeness (QED) is 0.772. The van der Waals surface area contributed by atoms with E-state index in [1.54, 1.807) is 6.92 Å².